The highest BCUT2D eigenvalue weighted by atomic mass is 79.9. The summed E-state index contributed by atoms with van der Waals surface area (Å²) in [6, 6.07) is 0. The molecule has 12 fully saturated rings. The molecule has 2 nitrogen and oxygen atoms in total. The fourth-order valence-electron chi connectivity index (χ4n) is 15.2. The van der Waals surface area contributed by atoms with E-state index in [1.807, 2.05) is 0 Å². The Labute approximate surface area is 170 Å². The van der Waals surface area contributed by atoms with Gasteiger partial charge in [0.1, 0.15) is 0 Å². The van der Waals surface area contributed by atoms with Gasteiger partial charge < -0.3 is 10.2 Å². The lowest BCUT2D eigenvalue weighted by molar-refractivity contribution is -0.0673. The van der Waals surface area contributed by atoms with Gasteiger partial charge in [0.2, 0.25) is 0 Å². The summed E-state index contributed by atoms with van der Waals surface area (Å²) >= 11 is 13.2. The molecule has 0 aromatic heterocycles. The lowest BCUT2D eigenvalue weighted by Crippen LogP contribution is -2.57. The van der Waals surface area contributed by atoms with Crippen LogP contribution in [0.25, 0.3) is 0 Å². The topological polar surface area (TPSA) is 40.5 Å². The monoisotopic (exact) mass is 526 g/mol. The van der Waals surface area contributed by atoms with E-state index in [0.717, 1.165) is 11.8 Å². The SMILES string of the molecule is O[C@@]12[C@@H]3[C@H]4[C@H]5[C@H]6[C@H]3[C@H]3[C@H]1[C@H]1[C@@H]7[C@@H]8[C@@H]([C@H]4[C@@]72Br)[C@H]5[C@]2(Br)[C@H]8[C@@]1(Br)[C@H]3[C@]62O. The third-order valence-electron chi connectivity index (χ3n) is 13.6. The predicted molar refractivity (Wildman–Crippen MR) is 97.2 cm³/mol. The normalized spacial score (nSPS) is 104. The van der Waals surface area contributed by atoms with Gasteiger partial charge >= 0.3 is 0 Å². The minimum atomic E-state index is -0.486. The molecule has 0 saturated heterocycles. The first-order chi connectivity index (χ1) is 11.8. The molecule has 12 saturated carbocycles. The van der Waals surface area contributed by atoms with E-state index < -0.39 is 11.2 Å². The zero-order valence-corrected chi connectivity index (χ0v) is 17.9. The van der Waals surface area contributed by atoms with Gasteiger partial charge in [-0.05, 0) is 82.9 Å². The Morgan fingerprint density at radius 2 is 1.04 bits per heavy atom. The van der Waals surface area contributed by atoms with E-state index >= 15 is 0 Å². The van der Waals surface area contributed by atoms with Crippen LogP contribution >= 0.6 is 47.8 Å². The van der Waals surface area contributed by atoms with Gasteiger partial charge in [0.25, 0.3) is 0 Å². The van der Waals surface area contributed by atoms with Gasteiger partial charge in [-0.15, -0.1) is 0 Å². The second-order valence-corrected chi connectivity index (χ2v) is 16.1. The van der Waals surface area contributed by atoms with E-state index in [9.17, 15) is 10.2 Å². The molecule has 25 heavy (non-hydrogen) atoms. The van der Waals surface area contributed by atoms with Gasteiger partial charge in [-0.25, -0.2) is 0 Å². The average molecular weight is 529 g/mol. The molecule has 0 heterocycles. The molecule has 0 bridgehead atoms. The molecule has 0 aromatic rings. The molecule has 0 radical (unpaired) electrons. The van der Waals surface area contributed by atoms with E-state index in [0.29, 0.717) is 76.9 Å². The minimum absolute atomic E-state index is 0.0110. The smallest absolute Gasteiger partial charge is 0.0884 e. The Morgan fingerprint density at radius 3 is 1.80 bits per heavy atom. The molecule has 12 aliphatic rings. The molecule has 12 rings (SSSR count). The first-order valence-electron chi connectivity index (χ1n) is 10.4. The zero-order valence-electron chi connectivity index (χ0n) is 13.2. The van der Waals surface area contributed by atoms with Crippen LogP contribution in [0.3, 0.4) is 0 Å². The van der Waals surface area contributed by atoms with Crippen LogP contribution in [0.15, 0.2) is 0 Å². The van der Waals surface area contributed by atoms with Crippen molar-refractivity contribution >= 4 is 47.8 Å². The third-order valence-corrected chi connectivity index (χ3v) is 18.5. The highest BCUT2D eigenvalue weighted by molar-refractivity contribution is 9.11. The van der Waals surface area contributed by atoms with Gasteiger partial charge in [0.15, 0.2) is 0 Å². The van der Waals surface area contributed by atoms with Crippen LogP contribution in [-0.2, 0) is 0 Å². The Morgan fingerprint density at radius 1 is 0.480 bits per heavy atom. The summed E-state index contributed by atoms with van der Waals surface area (Å²) in [7, 11) is 0. The molecule has 130 valence electrons. The van der Waals surface area contributed by atoms with Gasteiger partial charge in [0.05, 0.1) is 19.9 Å². The molecule has 2 N–H and O–H groups in total. The maximum atomic E-state index is 12.5. The zero-order chi connectivity index (χ0) is 16.2. The molecule has 0 amide bonds. The molecule has 5 heteroatoms. The van der Waals surface area contributed by atoms with Crippen molar-refractivity contribution in [2.24, 2.45) is 88.8 Å². The largest absolute Gasteiger partial charge is 0.388 e. The van der Waals surface area contributed by atoms with E-state index in [2.05, 4.69) is 47.8 Å². The summed E-state index contributed by atoms with van der Waals surface area (Å²) < 4.78 is 0.109. The van der Waals surface area contributed by atoms with Crippen LogP contribution in [0.1, 0.15) is 0 Å². The highest BCUT2D eigenvalue weighted by Crippen LogP contribution is 3.07. The second kappa shape index (κ2) is 2.58. The van der Waals surface area contributed by atoms with Gasteiger partial charge in [0, 0.05) is 10.2 Å². The highest BCUT2D eigenvalue weighted by Gasteiger charge is 3.11. The van der Waals surface area contributed by atoms with Gasteiger partial charge in [-0.1, -0.05) is 47.8 Å². The van der Waals surface area contributed by atoms with Crippen LogP contribution in [0.4, 0.5) is 0 Å². The summed E-state index contributed by atoms with van der Waals surface area (Å²) in [5.74, 6) is 9.21. The van der Waals surface area contributed by atoms with Crippen molar-refractivity contribution in [2.75, 3.05) is 0 Å². The molecule has 0 unspecified atom stereocenters. The van der Waals surface area contributed by atoms with Crippen LogP contribution < -0.4 is 0 Å². The molecule has 12 aliphatic carbocycles. The molecular weight excluding hydrogens is 512 g/mol. The average Bonchev–Trinajstić information content (AvgIpc) is 3.32. The predicted octanol–water partition coefficient (Wildman–Crippen LogP) is 2.24. The minimum Gasteiger partial charge on any atom is -0.388 e. The van der Waals surface area contributed by atoms with E-state index in [1.165, 1.54) is 0 Å². The standard InChI is InChI=1S/C20H17Br3O2/c21-16-13-11-5-3-7-1-2-8(3)18(23,14(5)16)20(25)10(2)4-6(15(16)20)12(13)19(24,9(1)4)17(7,11)22/h1-15,24-25H/t1-,2+,3-,4-,5-,6-,7-,8-,9+,10-,11-,12-,13+,14+,15-,16+,17+,18-,19-,20+/m0/s1. The summed E-state index contributed by atoms with van der Waals surface area (Å²) in [5, 5.41) is 25.0. The first kappa shape index (κ1) is 12.8. The quantitative estimate of drug-likeness (QED) is 0.474. The maximum absolute atomic E-state index is 12.5. The number of halogens is 3. The summed E-state index contributed by atoms with van der Waals surface area (Å²) in [4.78, 5) is 0. The molecule has 0 aromatic carbocycles. The van der Waals surface area contributed by atoms with E-state index in [1.54, 1.807) is 0 Å². The van der Waals surface area contributed by atoms with Crippen molar-refractivity contribution in [1.29, 1.82) is 0 Å². The Bertz CT molecular complexity index is 887. The molecule has 20 atom stereocenters. The summed E-state index contributed by atoms with van der Waals surface area (Å²) in [6.07, 6.45) is 0. The van der Waals surface area contributed by atoms with Crippen molar-refractivity contribution in [3.63, 3.8) is 0 Å². The van der Waals surface area contributed by atoms with E-state index in [4.69, 9.17) is 0 Å². The van der Waals surface area contributed by atoms with Crippen molar-refractivity contribution in [3.05, 3.63) is 0 Å². The Hall–Kier alpha value is 1.36. The Kier molecular flexibility index (Phi) is 1.32. The number of aliphatic hydroxyl groups is 2. The fourth-order valence-corrected chi connectivity index (χ4v) is 20.9. The van der Waals surface area contributed by atoms with Gasteiger partial charge in [-0.2, -0.15) is 0 Å². The van der Waals surface area contributed by atoms with Crippen molar-refractivity contribution in [1.82, 2.24) is 0 Å². The number of hydrogen-bond acceptors (Lipinski definition) is 2. The first-order valence-corrected chi connectivity index (χ1v) is 12.7. The van der Waals surface area contributed by atoms with Crippen LogP contribution in [0.5, 0.6) is 0 Å². The lowest BCUT2D eigenvalue weighted by atomic mass is 9.73. The number of rotatable bonds is 0. The van der Waals surface area contributed by atoms with Crippen molar-refractivity contribution < 1.29 is 10.2 Å². The van der Waals surface area contributed by atoms with Crippen LogP contribution in [-0.4, -0.2) is 34.4 Å². The van der Waals surface area contributed by atoms with Crippen LogP contribution in [0, 0.1) is 88.8 Å². The van der Waals surface area contributed by atoms with Gasteiger partial charge in [-0.3, -0.25) is 0 Å². The van der Waals surface area contributed by atoms with Crippen molar-refractivity contribution in [2.45, 2.75) is 24.2 Å². The Balaban J connectivity index is 1.48. The van der Waals surface area contributed by atoms with Crippen LogP contribution in [0.2, 0.25) is 0 Å². The maximum Gasteiger partial charge on any atom is 0.0884 e. The fraction of sp³-hybridized carbons (Fsp3) is 1.00. The summed E-state index contributed by atoms with van der Waals surface area (Å²) in [6.45, 7) is 0. The molecule has 0 aliphatic heterocycles. The third kappa shape index (κ3) is 0.588. The number of alkyl halides is 3. The molecule has 0 spiro atoms. The van der Waals surface area contributed by atoms with E-state index in [-0.39, 0.29) is 13.0 Å². The summed E-state index contributed by atoms with van der Waals surface area (Å²) in [5.41, 5.74) is -0.943. The second-order valence-electron chi connectivity index (χ2n) is 12.1. The lowest BCUT2D eigenvalue weighted by Gasteiger charge is -2.45. The molecular formula is C20H17Br3O2. The van der Waals surface area contributed by atoms with Crippen molar-refractivity contribution in [3.8, 4) is 0 Å². The number of hydrogen-bond donors (Lipinski definition) is 2.